The Hall–Kier alpha value is -2.00. The average molecular weight is 326 g/mol. The van der Waals surface area contributed by atoms with E-state index in [2.05, 4.69) is 14.7 Å². The lowest BCUT2D eigenvalue weighted by Gasteiger charge is -2.09. The van der Waals surface area contributed by atoms with E-state index in [-0.39, 0.29) is 16.6 Å². The minimum atomic E-state index is -3.74. The van der Waals surface area contributed by atoms with Gasteiger partial charge in [0, 0.05) is 11.8 Å². The molecule has 0 fully saturated rings. The number of nitrogens with two attached hydrogens (primary N) is 1. The van der Waals surface area contributed by atoms with Gasteiger partial charge in [-0.2, -0.15) is 4.98 Å². The zero-order chi connectivity index (χ0) is 15.5. The van der Waals surface area contributed by atoms with Crippen LogP contribution in [0.2, 0.25) is 0 Å². The number of methoxy groups -OCH3 is 1. The molecule has 0 spiro atoms. The van der Waals surface area contributed by atoms with Crippen molar-refractivity contribution in [2.24, 2.45) is 0 Å². The van der Waals surface area contributed by atoms with Crippen molar-refractivity contribution in [3.63, 3.8) is 0 Å². The van der Waals surface area contributed by atoms with E-state index in [0.717, 1.165) is 0 Å². The number of ether oxygens (including phenoxy) is 1. The SMILES string of the molecule is COc1cc(NS(=O)(=O)c2ccc(N)cc2)nc(SC)n1. The number of aromatic nitrogens is 2. The first-order chi connectivity index (χ1) is 9.94. The van der Waals surface area contributed by atoms with Crippen LogP contribution in [0.1, 0.15) is 0 Å². The predicted molar refractivity (Wildman–Crippen MR) is 82.0 cm³/mol. The molecule has 0 atom stereocenters. The molecule has 3 N–H and O–H groups in total. The third kappa shape index (κ3) is 3.76. The number of sulfonamides is 1. The molecule has 0 amide bonds. The van der Waals surface area contributed by atoms with Gasteiger partial charge in [0.1, 0.15) is 5.82 Å². The molecule has 0 radical (unpaired) electrons. The van der Waals surface area contributed by atoms with Crippen LogP contribution in [-0.4, -0.2) is 31.8 Å². The van der Waals surface area contributed by atoms with Crippen LogP contribution in [0.25, 0.3) is 0 Å². The fourth-order valence-corrected chi connectivity index (χ4v) is 2.86. The third-order valence-electron chi connectivity index (χ3n) is 2.50. The normalized spacial score (nSPS) is 11.1. The van der Waals surface area contributed by atoms with E-state index in [1.807, 2.05) is 0 Å². The number of nitrogen functional groups attached to an aromatic ring is 1. The van der Waals surface area contributed by atoms with Gasteiger partial charge in [0.05, 0.1) is 12.0 Å². The van der Waals surface area contributed by atoms with Crippen LogP contribution in [-0.2, 0) is 10.0 Å². The maximum Gasteiger partial charge on any atom is 0.263 e. The van der Waals surface area contributed by atoms with E-state index in [1.165, 1.54) is 49.2 Å². The molecular weight excluding hydrogens is 312 g/mol. The van der Waals surface area contributed by atoms with Gasteiger partial charge in [-0.3, -0.25) is 4.72 Å². The maximum absolute atomic E-state index is 12.3. The lowest BCUT2D eigenvalue weighted by atomic mass is 10.3. The molecule has 21 heavy (non-hydrogen) atoms. The molecule has 0 aliphatic carbocycles. The Labute approximate surface area is 127 Å². The Kier molecular flexibility index (Phi) is 4.53. The highest BCUT2D eigenvalue weighted by Crippen LogP contribution is 2.21. The summed E-state index contributed by atoms with van der Waals surface area (Å²) >= 11 is 1.28. The molecule has 0 unspecified atom stereocenters. The lowest BCUT2D eigenvalue weighted by molar-refractivity contribution is 0.393. The minimum Gasteiger partial charge on any atom is -0.481 e. The molecule has 9 heteroatoms. The summed E-state index contributed by atoms with van der Waals surface area (Å²) in [5, 5.41) is 0.407. The van der Waals surface area contributed by atoms with Crippen molar-refractivity contribution >= 4 is 33.3 Å². The first-order valence-corrected chi connectivity index (χ1v) is 8.51. The van der Waals surface area contributed by atoms with E-state index in [1.54, 1.807) is 6.26 Å². The highest BCUT2D eigenvalue weighted by molar-refractivity contribution is 7.98. The summed E-state index contributed by atoms with van der Waals surface area (Å²) in [5.41, 5.74) is 6.03. The number of rotatable bonds is 5. The van der Waals surface area contributed by atoms with Gasteiger partial charge in [0.2, 0.25) is 5.88 Å². The van der Waals surface area contributed by atoms with Crippen molar-refractivity contribution in [2.45, 2.75) is 10.1 Å². The van der Waals surface area contributed by atoms with Gasteiger partial charge in [-0.25, -0.2) is 13.4 Å². The fourth-order valence-electron chi connectivity index (χ4n) is 1.50. The quantitative estimate of drug-likeness (QED) is 0.488. The van der Waals surface area contributed by atoms with Crippen molar-refractivity contribution in [1.82, 2.24) is 9.97 Å². The summed E-state index contributed by atoms with van der Waals surface area (Å²) in [4.78, 5) is 8.25. The standard InChI is InChI=1S/C12H14N4O3S2/c1-19-11-7-10(14-12(15-11)20-2)16-21(17,18)9-5-3-8(13)4-6-9/h3-7H,13H2,1-2H3,(H,14,15,16). The van der Waals surface area contributed by atoms with E-state index >= 15 is 0 Å². The van der Waals surface area contributed by atoms with E-state index in [9.17, 15) is 8.42 Å². The second-order valence-corrected chi connectivity index (χ2v) is 6.41. The largest absolute Gasteiger partial charge is 0.481 e. The number of anilines is 2. The van der Waals surface area contributed by atoms with Crippen LogP contribution < -0.4 is 15.2 Å². The summed E-state index contributed by atoms with van der Waals surface area (Å²) in [5.74, 6) is 0.424. The lowest BCUT2D eigenvalue weighted by Crippen LogP contribution is -2.14. The first kappa shape index (κ1) is 15.4. The Morgan fingerprint density at radius 3 is 2.48 bits per heavy atom. The van der Waals surface area contributed by atoms with Gasteiger partial charge in [-0.1, -0.05) is 11.8 Å². The Morgan fingerprint density at radius 2 is 1.90 bits per heavy atom. The number of thioether (sulfide) groups is 1. The summed E-state index contributed by atoms with van der Waals surface area (Å²) < 4.78 is 31.9. The summed E-state index contributed by atoms with van der Waals surface area (Å²) in [6, 6.07) is 7.29. The molecule has 1 heterocycles. The molecule has 0 aliphatic rings. The second-order valence-electron chi connectivity index (χ2n) is 3.96. The molecule has 0 saturated heterocycles. The van der Waals surface area contributed by atoms with Gasteiger partial charge in [0.15, 0.2) is 5.16 Å². The number of hydrogen-bond acceptors (Lipinski definition) is 7. The molecule has 1 aromatic heterocycles. The summed E-state index contributed by atoms with van der Waals surface area (Å²) in [6.45, 7) is 0. The fraction of sp³-hybridized carbons (Fsp3) is 0.167. The topological polar surface area (TPSA) is 107 Å². The maximum atomic E-state index is 12.3. The molecule has 0 aliphatic heterocycles. The molecule has 7 nitrogen and oxygen atoms in total. The number of nitrogens with one attached hydrogen (secondary N) is 1. The number of nitrogens with zero attached hydrogens (tertiary/aromatic N) is 2. The van der Waals surface area contributed by atoms with Gasteiger partial charge < -0.3 is 10.5 Å². The zero-order valence-corrected chi connectivity index (χ0v) is 13.0. The monoisotopic (exact) mass is 326 g/mol. The summed E-state index contributed by atoms with van der Waals surface area (Å²) in [7, 11) is -2.29. The van der Waals surface area contributed by atoms with Crippen LogP contribution in [0, 0.1) is 0 Å². The van der Waals surface area contributed by atoms with Crippen molar-refractivity contribution in [2.75, 3.05) is 23.8 Å². The highest BCUT2D eigenvalue weighted by Gasteiger charge is 2.16. The zero-order valence-electron chi connectivity index (χ0n) is 11.4. The molecule has 1 aromatic carbocycles. The molecule has 0 bridgehead atoms. The van der Waals surface area contributed by atoms with Gasteiger partial charge in [-0.15, -0.1) is 0 Å². The molecule has 112 valence electrons. The van der Waals surface area contributed by atoms with Crippen LogP contribution in [0.15, 0.2) is 40.4 Å². The highest BCUT2D eigenvalue weighted by atomic mass is 32.2. The van der Waals surface area contributed by atoms with Crippen molar-refractivity contribution < 1.29 is 13.2 Å². The Morgan fingerprint density at radius 1 is 1.24 bits per heavy atom. The van der Waals surface area contributed by atoms with Crippen LogP contribution in [0.3, 0.4) is 0 Å². The van der Waals surface area contributed by atoms with Gasteiger partial charge >= 0.3 is 0 Å². The van der Waals surface area contributed by atoms with E-state index < -0.39 is 10.0 Å². The van der Waals surface area contributed by atoms with Crippen LogP contribution in [0.5, 0.6) is 5.88 Å². The van der Waals surface area contributed by atoms with E-state index in [0.29, 0.717) is 10.8 Å². The molecule has 2 rings (SSSR count). The third-order valence-corrected chi connectivity index (χ3v) is 4.42. The number of hydrogen-bond donors (Lipinski definition) is 2. The predicted octanol–water partition coefficient (Wildman–Crippen LogP) is 1.59. The van der Waals surface area contributed by atoms with Crippen molar-refractivity contribution in [3.05, 3.63) is 30.3 Å². The Balaban J connectivity index is 2.34. The average Bonchev–Trinajstić information content (AvgIpc) is 2.46. The molecular formula is C12H14N4O3S2. The molecule has 0 saturated carbocycles. The Bertz CT molecular complexity index is 710. The number of benzene rings is 1. The minimum absolute atomic E-state index is 0.0972. The van der Waals surface area contributed by atoms with Crippen LogP contribution in [0.4, 0.5) is 11.5 Å². The van der Waals surface area contributed by atoms with Gasteiger partial charge in [0.25, 0.3) is 10.0 Å². The summed E-state index contributed by atoms with van der Waals surface area (Å²) in [6.07, 6.45) is 1.78. The second kappa shape index (κ2) is 6.19. The van der Waals surface area contributed by atoms with Gasteiger partial charge in [-0.05, 0) is 30.5 Å². The molecule has 2 aromatic rings. The van der Waals surface area contributed by atoms with Crippen molar-refractivity contribution in [1.29, 1.82) is 0 Å². The van der Waals surface area contributed by atoms with Crippen molar-refractivity contribution in [3.8, 4) is 5.88 Å². The van der Waals surface area contributed by atoms with Crippen LogP contribution >= 0.6 is 11.8 Å². The first-order valence-electron chi connectivity index (χ1n) is 5.80. The van der Waals surface area contributed by atoms with E-state index in [4.69, 9.17) is 10.5 Å². The smallest absolute Gasteiger partial charge is 0.263 e.